The molecule has 3 rings (SSSR count). The van der Waals surface area contributed by atoms with Crippen molar-refractivity contribution in [3.63, 3.8) is 0 Å². The average Bonchev–Trinajstić information content (AvgIpc) is 2.75. The third-order valence-corrected chi connectivity index (χ3v) is 3.74. The van der Waals surface area contributed by atoms with Crippen LogP contribution in [-0.2, 0) is 10.2 Å². The fourth-order valence-electron chi connectivity index (χ4n) is 2.82. The summed E-state index contributed by atoms with van der Waals surface area (Å²) in [5.74, 6) is -0.615. The molecule has 0 fully saturated rings. The lowest BCUT2D eigenvalue weighted by Gasteiger charge is -2.19. The molecular formula is C12H13ClN4O. The van der Waals surface area contributed by atoms with Gasteiger partial charge in [0.2, 0.25) is 5.91 Å². The Bertz CT molecular complexity index is 661. The number of nitrogens with zero attached hydrogens (tertiary/aromatic N) is 3. The number of nitrogens with two attached hydrogens (primary N) is 1. The molecule has 6 heteroatoms. The third kappa shape index (κ3) is 1.43. The molecule has 0 spiro atoms. The van der Waals surface area contributed by atoms with E-state index in [1.807, 2.05) is 0 Å². The molecule has 5 nitrogen and oxygen atoms in total. The van der Waals surface area contributed by atoms with Crippen LogP contribution in [0.25, 0.3) is 5.65 Å². The second-order valence-electron chi connectivity index (χ2n) is 5.34. The van der Waals surface area contributed by atoms with E-state index in [9.17, 15) is 4.79 Å². The van der Waals surface area contributed by atoms with E-state index in [0.717, 1.165) is 11.3 Å². The standard InChI is InChI=1S/C12H13ClN4O/c1-12(2)4-6(11(14)18)7-5-15-9-3-8(13)16-17(9)10(7)12/h3,5-6H,4H2,1-2H3,(H2,14,18). The van der Waals surface area contributed by atoms with Gasteiger partial charge in [-0.3, -0.25) is 4.79 Å². The van der Waals surface area contributed by atoms with Gasteiger partial charge in [0.15, 0.2) is 10.8 Å². The van der Waals surface area contributed by atoms with Crippen LogP contribution in [-0.4, -0.2) is 20.5 Å². The molecule has 0 bridgehead atoms. The number of aromatic nitrogens is 3. The van der Waals surface area contributed by atoms with Crippen molar-refractivity contribution in [2.24, 2.45) is 5.73 Å². The number of amides is 1. The van der Waals surface area contributed by atoms with Crippen molar-refractivity contribution in [3.05, 3.63) is 28.7 Å². The Kier molecular flexibility index (Phi) is 2.20. The molecule has 1 amide bonds. The molecule has 1 aliphatic rings. The molecule has 0 radical (unpaired) electrons. The number of fused-ring (bicyclic) bond motifs is 3. The Balaban J connectivity index is 2.35. The van der Waals surface area contributed by atoms with Gasteiger partial charge in [0.05, 0.1) is 11.6 Å². The normalized spacial score (nSPS) is 21.2. The zero-order valence-electron chi connectivity index (χ0n) is 10.1. The Morgan fingerprint density at radius 1 is 1.61 bits per heavy atom. The zero-order valence-corrected chi connectivity index (χ0v) is 10.9. The Morgan fingerprint density at radius 3 is 3.00 bits per heavy atom. The van der Waals surface area contributed by atoms with Crippen LogP contribution in [0.3, 0.4) is 0 Å². The van der Waals surface area contributed by atoms with Crippen LogP contribution in [0.5, 0.6) is 0 Å². The molecule has 1 atom stereocenters. The van der Waals surface area contributed by atoms with Gasteiger partial charge in [-0.2, -0.15) is 5.10 Å². The quantitative estimate of drug-likeness (QED) is 0.851. The van der Waals surface area contributed by atoms with Crippen molar-refractivity contribution in [1.29, 1.82) is 0 Å². The van der Waals surface area contributed by atoms with Gasteiger partial charge in [-0.25, -0.2) is 9.50 Å². The average molecular weight is 265 g/mol. The van der Waals surface area contributed by atoms with Gasteiger partial charge in [0.1, 0.15) is 0 Å². The summed E-state index contributed by atoms with van der Waals surface area (Å²) in [6.45, 7) is 4.15. The van der Waals surface area contributed by atoms with Crippen LogP contribution in [0.1, 0.15) is 37.4 Å². The predicted molar refractivity (Wildman–Crippen MR) is 67.6 cm³/mol. The summed E-state index contributed by atoms with van der Waals surface area (Å²) in [5.41, 5.74) is 7.81. The first kappa shape index (κ1) is 11.5. The van der Waals surface area contributed by atoms with Gasteiger partial charge in [-0.1, -0.05) is 25.4 Å². The molecule has 18 heavy (non-hydrogen) atoms. The molecule has 0 saturated carbocycles. The summed E-state index contributed by atoms with van der Waals surface area (Å²) < 4.78 is 1.72. The van der Waals surface area contributed by atoms with Crippen LogP contribution >= 0.6 is 11.6 Å². The van der Waals surface area contributed by atoms with E-state index in [2.05, 4.69) is 23.9 Å². The maximum Gasteiger partial charge on any atom is 0.225 e. The summed E-state index contributed by atoms with van der Waals surface area (Å²) in [7, 11) is 0. The SMILES string of the molecule is CC1(C)CC(C(N)=O)c2cnc3cc(Cl)nn3c21. The van der Waals surface area contributed by atoms with Crippen LogP contribution in [0.15, 0.2) is 12.3 Å². The van der Waals surface area contributed by atoms with E-state index >= 15 is 0 Å². The maximum absolute atomic E-state index is 11.5. The summed E-state index contributed by atoms with van der Waals surface area (Å²) in [6, 6.07) is 1.70. The van der Waals surface area contributed by atoms with Crippen molar-refractivity contribution in [3.8, 4) is 0 Å². The van der Waals surface area contributed by atoms with Gasteiger partial charge < -0.3 is 5.73 Å². The summed E-state index contributed by atoms with van der Waals surface area (Å²) in [5, 5.41) is 4.64. The molecule has 2 N–H and O–H groups in total. The van der Waals surface area contributed by atoms with Crippen LogP contribution in [0.4, 0.5) is 0 Å². The predicted octanol–water partition coefficient (Wildman–Crippen LogP) is 1.63. The monoisotopic (exact) mass is 264 g/mol. The number of primary amides is 1. The number of carbonyl (C=O) groups excluding carboxylic acids is 1. The van der Waals surface area contributed by atoms with E-state index in [1.165, 1.54) is 0 Å². The molecule has 1 aliphatic carbocycles. The van der Waals surface area contributed by atoms with E-state index in [0.29, 0.717) is 17.2 Å². The van der Waals surface area contributed by atoms with Crippen molar-refractivity contribution >= 4 is 23.2 Å². The first-order valence-electron chi connectivity index (χ1n) is 5.74. The lowest BCUT2D eigenvalue weighted by Crippen LogP contribution is -2.21. The molecule has 2 aromatic heterocycles. The summed E-state index contributed by atoms with van der Waals surface area (Å²) in [4.78, 5) is 15.8. The zero-order chi connectivity index (χ0) is 13.1. The lowest BCUT2D eigenvalue weighted by molar-refractivity contribution is -0.119. The van der Waals surface area contributed by atoms with E-state index in [-0.39, 0.29) is 17.2 Å². The fourth-order valence-corrected chi connectivity index (χ4v) is 3.00. The second kappa shape index (κ2) is 3.45. The smallest absolute Gasteiger partial charge is 0.225 e. The summed E-state index contributed by atoms with van der Waals surface area (Å²) >= 11 is 5.91. The fraction of sp³-hybridized carbons (Fsp3) is 0.417. The topological polar surface area (TPSA) is 73.3 Å². The molecule has 2 aromatic rings. The Labute approximate surface area is 109 Å². The van der Waals surface area contributed by atoms with Crippen LogP contribution < -0.4 is 5.73 Å². The van der Waals surface area contributed by atoms with Crippen molar-refractivity contribution in [2.75, 3.05) is 0 Å². The van der Waals surface area contributed by atoms with Gasteiger partial charge in [-0.15, -0.1) is 0 Å². The second-order valence-corrected chi connectivity index (χ2v) is 5.73. The molecule has 0 saturated heterocycles. The van der Waals surface area contributed by atoms with Crippen LogP contribution in [0.2, 0.25) is 5.15 Å². The van der Waals surface area contributed by atoms with Crippen molar-refractivity contribution in [2.45, 2.75) is 31.6 Å². The lowest BCUT2D eigenvalue weighted by atomic mass is 9.89. The van der Waals surface area contributed by atoms with Gasteiger partial charge in [0.25, 0.3) is 0 Å². The number of carbonyl (C=O) groups is 1. The highest BCUT2D eigenvalue weighted by Gasteiger charge is 2.42. The highest BCUT2D eigenvalue weighted by Crippen LogP contribution is 2.45. The van der Waals surface area contributed by atoms with Crippen molar-refractivity contribution in [1.82, 2.24) is 14.6 Å². The summed E-state index contributed by atoms with van der Waals surface area (Å²) in [6.07, 6.45) is 2.39. The number of halogens is 1. The minimum atomic E-state index is -0.318. The third-order valence-electron chi connectivity index (χ3n) is 3.56. The highest BCUT2D eigenvalue weighted by molar-refractivity contribution is 6.29. The largest absolute Gasteiger partial charge is 0.369 e. The van der Waals surface area contributed by atoms with Crippen LogP contribution in [0, 0.1) is 0 Å². The Hall–Kier alpha value is -1.62. The molecule has 2 heterocycles. The molecule has 0 aromatic carbocycles. The molecular weight excluding hydrogens is 252 g/mol. The van der Waals surface area contributed by atoms with E-state index < -0.39 is 0 Å². The van der Waals surface area contributed by atoms with Gasteiger partial charge >= 0.3 is 0 Å². The first-order chi connectivity index (χ1) is 8.40. The van der Waals surface area contributed by atoms with E-state index in [1.54, 1.807) is 16.8 Å². The Morgan fingerprint density at radius 2 is 2.33 bits per heavy atom. The number of hydrogen-bond acceptors (Lipinski definition) is 3. The van der Waals surface area contributed by atoms with E-state index in [4.69, 9.17) is 17.3 Å². The molecule has 0 aliphatic heterocycles. The number of rotatable bonds is 1. The first-order valence-corrected chi connectivity index (χ1v) is 6.12. The number of hydrogen-bond donors (Lipinski definition) is 1. The molecule has 1 unspecified atom stereocenters. The maximum atomic E-state index is 11.5. The highest BCUT2D eigenvalue weighted by atomic mass is 35.5. The minimum absolute atomic E-state index is 0.175. The minimum Gasteiger partial charge on any atom is -0.369 e. The van der Waals surface area contributed by atoms with Gasteiger partial charge in [-0.05, 0) is 6.42 Å². The molecule has 94 valence electrons. The van der Waals surface area contributed by atoms with Crippen molar-refractivity contribution < 1.29 is 4.79 Å². The van der Waals surface area contributed by atoms with Gasteiger partial charge in [0, 0.05) is 23.2 Å².